The number of aromatic nitrogens is 1. The minimum absolute atomic E-state index is 0.163. The lowest BCUT2D eigenvalue weighted by molar-refractivity contribution is -0.131. The third-order valence-corrected chi connectivity index (χ3v) is 3.78. The van der Waals surface area contributed by atoms with Crippen LogP contribution in [0.4, 0.5) is 0 Å². The minimum atomic E-state index is 0.163. The fourth-order valence-corrected chi connectivity index (χ4v) is 2.93. The number of carbonyl (C=O) groups is 1. The molecule has 1 N–H and O–H groups in total. The van der Waals surface area contributed by atoms with Crippen molar-refractivity contribution in [1.82, 2.24) is 9.88 Å². The van der Waals surface area contributed by atoms with E-state index in [0.717, 1.165) is 18.5 Å². The number of rotatable bonds is 0. The Hall–Kier alpha value is -1.77. The summed E-state index contributed by atoms with van der Waals surface area (Å²) in [7, 11) is 0. The van der Waals surface area contributed by atoms with Gasteiger partial charge in [0.1, 0.15) is 0 Å². The predicted molar refractivity (Wildman–Crippen MR) is 67.8 cm³/mol. The molecule has 2 aromatic rings. The summed E-state index contributed by atoms with van der Waals surface area (Å²) >= 11 is 0. The van der Waals surface area contributed by atoms with Gasteiger partial charge in [-0.15, -0.1) is 0 Å². The van der Waals surface area contributed by atoms with Crippen LogP contribution >= 0.6 is 0 Å². The Morgan fingerprint density at radius 2 is 2.24 bits per heavy atom. The third kappa shape index (κ3) is 1.46. The van der Waals surface area contributed by atoms with Crippen LogP contribution in [0.2, 0.25) is 0 Å². The van der Waals surface area contributed by atoms with Crippen molar-refractivity contribution in [1.29, 1.82) is 0 Å². The second-order valence-electron chi connectivity index (χ2n) is 4.72. The molecular formula is C14H16N2O. The molecule has 2 heterocycles. The van der Waals surface area contributed by atoms with E-state index in [4.69, 9.17) is 0 Å². The van der Waals surface area contributed by atoms with Crippen molar-refractivity contribution in [2.24, 2.45) is 0 Å². The van der Waals surface area contributed by atoms with E-state index in [-0.39, 0.29) is 11.9 Å². The maximum atomic E-state index is 11.6. The molecule has 1 amide bonds. The number of hydrogen-bond donors (Lipinski definition) is 1. The quantitative estimate of drug-likeness (QED) is 0.739. The van der Waals surface area contributed by atoms with Crippen molar-refractivity contribution in [2.45, 2.75) is 26.3 Å². The van der Waals surface area contributed by atoms with Gasteiger partial charge in [-0.05, 0) is 36.6 Å². The Morgan fingerprint density at radius 1 is 1.41 bits per heavy atom. The molecular weight excluding hydrogens is 212 g/mol. The molecule has 0 saturated heterocycles. The molecule has 0 fully saturated rings. The highest BCUT2D eigenvalue weighted by molar-refractivity contribution is 5.86. The molecule has 1 aromatic carbocycles. The zero-order chi connectivity index (χ0) is 12.0. The van der Waals surface area contributed by atoms with Crippen molar-refractivity contribution < 1.29 is 4.79 Å². The predicted octanol–water partition coefficient (Wildman–Crippen LogP) is 2.63. The minimum Gasteiger partial charge on any atom is -0.361 e. The van der Waals surface area contributed by atoms with Gasteiger partial charge in [0.15, 0.2) is 0 Å². The summed E-state index contributed by atoms with van der Waals surface area (Å²) in [5.74, 6) is 0.163. The van der Waals surface area contributed by atoms with E-state index < -0.39 is 0 Å². The van der Waals surface area contributed by atoms with Crippen LogP contribution in [-0.4, -0.2) is 22.3 Å². The van der Waals surface area contributed by atoms with E-state index in [1.807, 2.05) is 11.1 Å². The first kappa shape index (κ1) is 10.4. The average molecular weight is 228 g/mol. The molecule has 17 heavy (non-hydrogen) atoms. The first-order valence-electron chi connectivity index (χ1n) is 6.04. The van der Waals surface area contributed by atoms with Crippen LogP contribution in [-0.2, 0) is 11.2 Å². The summed E-state index contributed by atoms with van der Waals surface area (Å²) in [4.78, 5) is 16.8. The highest BCUT2D eigenvalue weighted by atomic mass is 16.2. The molecule has 3 nitrogen and oxygen atoms in total. The van der Waals surface area contributed by atoms with Crippen LogP contribution in [0.25, 0.3) is 10.9 Å². The van der Waals surface area contributed by atoms with Gasteiger partial charge in [-0.2, -0.15) is 0 Å². The molecule has 1 atom stereocenters. The Morgan fingerprint density at radius 3 is 3.00 bits per heavy atom. The zero-order valence-corrected chi connectivity index (χ0v) is 10.2. The Kier molecular flexibility index (Phi) is 2.21. The smallest absolute Gasteiger partial charge is 0.219 e. The van der Waals surface area contributed by atoms with Crippen LogP contribution in [0.5, 0.6) is 0 Å². The van der Waals surface area contributed by atoms with E-state index in [9.17, 15) is 4.79 Å². The van der Waals surface area contributed by atoms with Crippen LogP contribution in [0, 0.1) is 0 Å². The molecule has 3 rings (SSSR count). The van der Waals surface area contributed by atoms with E-state index in [1.54, 1.807) is 6.92 Å². The number of fused-ring (bicyclic) bond motifs is 3. The second kappa shape index (κ2) is 3.62. The van der Waals surface area contributed by atoms with Crippen molar-refractivity contribution in [3.63, 3.8) is 0 Å². The first-order valence-corrected chi connectivity index (χ1v) is 6.04. The van der Waals surface area contributed by atoms with Gasteiger partial charge in [0.2, 0.25) is 5.91 Å². The maximum absolute atomic E-state index is 11.6. The van der Waals surface area contributed by atoms with Crippen LogP contribution in [0.1, 0.15) is 31.0 Å². The van der Waals surface area contributed by atoms with Crippen molar-refractivity contribution in [2.75, 3.05) is 6.54 Å². The fourth-order valence-electron chi connectivity index (χ4n) is 2.93. The molecule has 1 aliphatic heterocycles. The Bertz CT molecular complexity index is 585. The molecule has 88 valence electrons. The number of nitrogens with one attached hydrogen (secondary N) is 1. The lowest BCUT2D eigenvalue weighted by Crippen LogP contribution is -2.37. The van der Waals surface area contributed by atoms with Gasteiger partial charge in [0.25, 0.3) is 0 Å². The lowest BCUT2D eigenvalue weighted by Gasteiger charge is -2.35. The Balaban J connectivity index is 2.20. The van der Waals surface area contributed by atoms with E-state index in [2.05, 4.69) is 30.1 Å². The van der Waals surface area contributed by atoms with Crippen LogP contribution < -0.4 is 0 Å². The van der Waals surface area contributed by atoms with Crippen molar-refractivity contribution >= 4 is 16.8 Å². The number of nitrogens with zero attached hydrogens (tertiary/aromatic N) is 1. The maximum Gasteiger partial charge on any atom is 0.219 e. The molecule has 0 radical (unpaired) electrons. The standard InChI is InChI=1S/C14H16N2O/c1-9-14-11(6-8-16(9)10(2)17)3-4-13-12(14)5-7-15-13/h3-5,7,9,15H,6,8H2,1-2H3. The molecule has 0 aliphatic carbocycles. The summed E-state index contributed by atoms with van der Waals surface area (Å²) in [6, 6.07) is 6.59. The number of hydrogen-bond acceptors (Lipinski definition) is 1. The van der Waals surface area contributed by atoms with Gasteiger partial charge in [-0.1, -0.05) is 6.07 Å². The molecule has 0 bridgehead atoms. The molecule has 3 heteroatoms. The van der Waals surface area contributed by atoms with Crippen LogP contribution in [0.15, 0.2) is 24.4 Å². The second-order valence-corrected chi connectivity index (χ2v) is 4.72. The topological polar surface area (TPSA) is 36.1 Å². The van der Waals surface area contributed by atoms with Crippen LogP contribution in [0.3, 0.4) is 0 Å². The molecule has 0 spiro atoms. The van der Waals surface area contributed by atoms with Gasteiger partial charge < -0.3 is 9.88 Å². The van der Waals surface area contributed by atoms with E-state index >= 15 is 0 Å². The fraction of sp³-hybridized carbons (Fsp3) is 0.357. The van der Waals surface area contributed by atoms with Gasteiger partial charge in [0.05, 0.1) is 6.04 Å². The number of H-pyrrole nitrogens is 1. The van der Waals surface area contributed by atoms with E-state index in [0.29, 0.717) is 0 Å². The van der Waals surface area contributed by atoms with Gasteiger partial charge in [-0.3, -0.25) is 4.79 Å². The highest BCUT2D eigenvalue weighted by Gasteiger charge is 2.27. The number of aromatic amines is 1. The molecule has 0 saturated carbocycles. The van der Waals surface area contributed by atoms with Crippen molar-refractivity contribution in [3.8, 4) is 0 Å². The summed E-state index contributed by atoms with van der Waals surface area (Å²) in [5.41, 5.74) is 3.84. The summed E-state index contributed by atoms with van der Waals surface area (Å²) in [5, 5.41) is 1.25. The number of carbonyl (C=O) groups excluding carboxylic acids is 1. The average Bonchev–Trinajstić information content (AvgIpc) is 2.76. The number of benzene rings is 1. The van der Waals surface area contributed by atoms with Crippen molar-refractivity contribution in [3.05, 3.63) is 35.5 Å². The monoisotopic (exact) mass is 228 g/mol. The van der Waals surface area contributed by atoms with Gasteiger partial charge in [-0.25, -0.2) is 0 Å². The SMILES string of the molecule is CC(=O)N1CCc2ccc3[nH]ccc3c2C1C. The largest absolute Gasteiger partial charge is 0.361 e. The zero-order valence-electron chi connectivity index (χ0n) is 10.2. The molecule has 1 unspecified atom stereocenters. The highest BCUT2D eigenvalue weighted by Crippen LogP contribution is 2.34. The third-order valence-electron chi connectivity index (χ3n) is 3.78. The van der Waals surface area contributed by atoms with Gasteiger partial charge >= 0.3 is 0 Å². The van der Waals surface area contributed by atoms with Gasteiger partial charge in [0, 0.05) is 30.6 Å². The summed E-state index contributed by atoms with van der Waals surface area (Å²) in [6.45, 7) is 4.60. The Labute approximate surface area is 100 Å². The number of amides is 1. The molecule has 1 aliphatic rings. The normalized spacial score (nSPS) is 19.4. The first-order chi connectivity index (χ1) is 8.18. The van der Waals surface area contributed by atoms with E-state index in [1.165, 1.54) is 16.5 Å². The lowest BCUT2D eigenvalue weighted by atomic mass is 9.90. The summed E-state index contributed by atoms with van der Waals surface area (Å²) in [6.07, 6.45) is 2.92. The summed E-state index contributed by atoms with van der Waals surface area (Å²) < 4.78 is 0. The molecule has 1 aromatic heterocycles.